The van der Waals surface area contributed by atoms with E-state index in [-0.39, 0.29) is 10.6 Å². The zero-order valence-electron chi connectivity index (χ0n) is 15.3. The van der Waals surface area contributed by atoms with Gasteiger partial charge in [0.25, 0.3) is 5.69 Å². The van der Waals surface area contributed by atoms with Crippen LogP contribution in [0.2, 0.25) is 0 Å². The number of rotatable bonds is 8. The Balaban J connectivity index is 2.32. The molecule has 2 N–H and O–H groups in total. The minimum absolute atomic E-state index is 0.0431. The van der Waals surface area contributed by atoms with Crippen molar-refractivity contribution in [3.63, 3.8) is 0 Å². The fraction of sp³-hybridized carbons (Fsp3) is 0.625. The molecule has 2 rings (SSSR count). The second kappa shape index (κ2) is 8.76. The summed E-state index contributed by atoms with van der Waals surface area (Å²) < 4.78 is 26.6. The summed E-state index contributed by atoms with van der Waals surface area (Å²) in [7, 11) is -3.73. The Morgan fingerprint density at radius 3 is 2.31 bits per heavy atom. The Morgan fingerprint density at radius 1 is 1.19 bits per heavy atom. The van der Waals surface area contributed by atoms with Gasteiger partial charge in [0, 0.05) is 58.4 Å². The van der Waals surface area contributed by atoms with Crippen LogP contribution in [0.15, 0.2) is 23.1 Å². The quantitative estimate of drug-likeness (QED) is 0.518. The van der Waals surface area contributed by atoms with Crippen LogP contribution in [0.4, 0.5) is 11.4 Å². The van der Waals surface area contributed by atoms with Crippen molar-refractivity contribution in [3.8, 4) is 0 Å². The topological polar surface area (TPSA) is 113 Å². The maximum absolute atomic E-state index is 12.6. The van der Waals surface area contributed by atoms with Crippen molar-refractivity contribution in [2.75, 3.05) is 57.3 Å². The Kier molecular flexibility index (Phi) is 6.93. The SMILES string of the molecule is CCN(CC)S(=O)(=O)c1ccc(N2CCN(CCN)CC2)c([N+](=O)[O-])c1. The van der Waals surface area contributed by atoms with Crippen molar-refractivity contribution >= 4 is 21.4 Å². The molecule has 0 saturated carbocycles. The van der Waals surface area contributed by atoms with E-state index in [0.717, 1.165) is 19.6 Å². The zero-order valence-corrected chi connectivity index (χ0v) is 16.1. The lowest BCUT2D eigenvalue weighted by molar-refractivity contribution is -0.384. The lowest BCUT2D eigenvalue weighted by atomic mass is 10.2. The number of piperazine rings is 1. The molecule has 0 aliphatic carbocycles. The van der Waals surface area contributed by atoms with Gasteiger partial charge < -0.3 is 10.6 Å². The number of sulfonamides is 1. The molecule has 0 unspecified atom stereocenters. The first-order valence-electron chi connectivity index (χ1n) is 8.81. The Hall–Kier alpha value is -1.75. The summed E-state index contributed by atoms with van der Waals surface area (Å²) in [6.45, 7) is 8.33. The van der Waals surface area contributed by atoms with Crippen LogP contribution in [0.25, 0.3) is 0 Å². The van der Waals surface area contributed by atoms with Crippen LogP contribution in [0, 0.1) is 10.1 Å². The predicted octanol–water partition coefficient (Wildman–Crippen LogP) is 0.706. The molecule has 1 saturated heterocycles. The van der Waals surface area contributed by atoms with Gasteiger partial charge in [0.15, 0.2) is 0 Å². The van der Waals surface area contributed by atoms with E-state index in [1.165, 1.54) is 16.4 Å². The van der Waals surface area contributed by atoms with Gasteiger partial charge in [-0.05, 0) is 12.1 Å². The van der Waals surface area contributed by atoms with Gasteiger partial charge in [-0.15, -0.1) is 0 Å². The molecule has 1 aliphatic rings. The Bertz CT molecular complexity index is 728. The van der Waals surface area contributed by atoms with E-state index in [1.54, 1.807) is 19.9 Å². The molecule has 146 valence electrons. The Morgan fingerprint density at radius 2 is 1.81 bits per heavy atom. The maximum Gasteiger partial charge on any atom is 0.293 e. The summed E-state index contributed by atoms with van der Waals surface area (Å²) in [4.78, 5) is 15.1. The molecule has 0 bridgehead atoms. The molecule has 0 aromatic heterocycles. The van der Waals surface area contributed by atoms with Crippen molar-refractivity contribution < 1.29 is 13.3 Å². The van der Waals surface area contributed by atoms with Gasteiger partial charge in [0.05, 0.1) is 9.82 Å². The highest BCUT2D eigenvalue weighted by molar-refractivity contribution is 7.89. The van der Waals surface area contributed by atoms with E-state index >= 15 is 0 Å². The number of nitro benzene ring substituents is 1. The lowest BCUT2D eigenvalue weighted by Gasteiger charge is -2.35. The fourth-order valence-electron chi connectivity index (χ4n) is 3.18. The lowest BCUT2D eigenvalue weighted by Crippen LogP contribution is -2.47. The molecule has 1 aromatic rings. The largest absolute Gasteiger partial charge is 0.363 e. The maximum atomic E-state index is 12.6. The minimum Gasteiger partial charge on any atom is -0.363 e. The molecule has 9 nitrogen and oxygen atoms in total. The highest BCUT2D eigenvalue weighted by atomic mass is 32.2. The summed E-state index contributed by atoms with van der Waals surface area (Å²) in [6.07, 6.45) is 0. The van der Waals surface area contributed by atoms with Gasteiger partial charge in [-0.2, -0.15) is 4.31 Å². The van der Waals surface area contributed by atoms with Crippen molar-refractivity contribution in [2.45, 2.75) is 18.7 Å². The Labute approximate surface area is 154 Å². The van der Waals surface area contributed by atoms with Gasteiger partial charge >= 0.3 is 0 Å². The molecule has 1 fully saturated rings. The molecule has 10 heteroatoms. The third-order valence-electron chi connectivity index (χ3n) is 4.65. The second-order valence-electron chi connectivity index (χ2n) is 6.11. The zero-order chi connectivity index (χ0) is 19.3. The minimum atomic E-state index is -3.73. The van der Waals surface area contributed by atoms with Gasteiger partial charge in [-0.1, -0.05) is 13.8 Å². The van der Waals surface area contributed by atoms with Gasteiger partial charge in [0.2, 0.25) is 10.0 Å². The molecule has 0 radical (unpaired) electrons. The van der Waals surface area contributed by atoms with Crippen LogP contribution in [-0.2, 0) is 10.0 Å². The normalized spacial score (nSPS) is 16.2. The number of nitrogens with zero attached hydrogens (tertiary/aromatic N) is 4. The monoisotopic (exact) mass is 385 g/mol. The number of benzene rings is 1. The highest BCUT2D eigenvalue weighted by Gasteiger charge is 2.28. The average molecular weight is 385 g/mol. The predicted molar refractivity (Wildman–Crippen MR) is 101 cm³/mol. The van der Waals surface area contributed by atoms with Crippen LogP contribution in [0.3, 0.4) is 0 Å². The van der Waals surface area contributed by atoms with E-state index in [0.29, 0.717) is 38.4 Å². The summed E-state index contributed by atoms with van der Waals surface area (Å²) >= 11 is 0. The smallest absolute Gasteiger partial charge is 0.293 e. The molecule has 26 heavy (non-hydrogen) atoms. The van der Waals surface area contributed by atoms with Crippen molar-refractivity contribution in [1.29, 1.82) is 0 Å². The first kappa shape index (κ1) is 20.6. The molecule has 0 amide bonds. The van der Waals surface area contributed by atoms with E-state index in [1.807, 2.05) is 4.90 Å². The summed E-state index contributed by atoms with van der Waals surface area (Å²) in [5, 5.41) is 11.6. The molecular formula is C16H27N5O4S. The molecule has 1 aliphatic heterocycles. The second-order valence-corrected chi connectivity index (χ2v) is 8.05. The third-order valence-corrected chi connectivity index (χ3v) is 6.69. The highest BCUT2D eigenvalue weighted by Crippen LogP contribution is 2.32. The number of hydrogen-bond acceptors (Lipinski definition) is 7. The van der Waals surface area contributed by atoms with Crippen LogP contribution in [0.1, 0.15) is 13.8 Å². The molecule has 1 heterocycles. The first-order valence-corrected chi connectivity index (χ1v) is 10.2. The summed E-state index contributed by atoms with van der Waals surface area (Å²) in [6, 6.07) is 4.19. The molecular weight excluding hydrogens is 358 g/mol. The third kappa shape index (κ3) is 4.32. The van der Waals surface area contributed by atoms with Gasteiger partial charge in [0.1, 0.15) is 5.69 Å². The number of hydrogen-bond donors (Lipinski definition) is 1. The standard InChI is InChI=1S/C16H27N5O4S/c1-3-20(4-2)26(24,25)14-5-6-15(16(13-14)21(22)23)19-11-9-18(8-7-17)10-12-19/h5-6,13H,3-4,7-12,17H2,1-2H3. The molecule has 0 atom stereocenters. The van der Waals surface area contributed by atoms with Crippen LogP contribution < -0.4 is 10.6 Å². The van der Waals surface area contributed by atoms with Crippen molar-refractivity contribution in [3.05, 3.63) is 28.3 Å². The van der Waals surface area contributed by atoms with E-state index in [9.17, 15) is 18.5 Å². The van der Waals surface area contributed by atoms with E-state index in [4.69, 9.17) is 5.73 Å². The van der Waals surface area contributed by atoms with E-state index < -0.39 is 14.9 Å². The van der Waals surface area contributed by atoms with Gasteiger partial charge in [-0.3, -0.25) is 15.0 Å². The van der Waals surface area contributed by atoms with E-state index in [2.05, 4.69) is 4.90 Å². The van der Waals surface area contributed by atoms with Gasteiger partial charge in [-0.25, -0.2) is 8.42 Å². The number of nitro groups is 1. The first-order chi connectivity index (χ1) is 12.3. The summed E-state index contributed by atoms with van der Waals surface area (Å²) in [5.41, 5.74) is 5.85. The van der Waals surface area contributed by atoms with Crippen LogP contribution >= 0.6 is 0 Å². The molecule has 0 spiro atoms. The number of nitrogens with two attached hydrogens (primary N) is 1. The van der Waals surface area contributed by atoms with Crippen molar-refractivity contribution in [1.82, 2.24) is 9.21 Å². The average Bonchev–Trinajstić information content (AvgIpc) is 2.63. The molecule has 1 aromatic carbocycles. The van der Waals surface area contributed by atoms with Crippen molar-refractivity contribution in [2.24, 2.45) is 5.73 Å². The van der Waals surface area contributed by atoms with Crippen LogP contribution in [-0.4, -0.2) is 74.9 Å². The number of anilines is 1. The van der Waals surface area contributed by atoms with Crippen LogP contribution in [0.5, 0.6) is 0 Å². The fourth-order valence-corrected chi connectivity index (χ4v) is 4.66. The summed E-state index contributed by atoms with van der Waals surface area (Å²) in [5.74, 6) is 0.